The number of aryl methyl sites for hydroxylation is 1. The monoisotopic (exact) mass is 345 g/mol. The molecule has 24 heavy (non-hydrogen) atoms. The number of nitrogens with one attached hydrogen (secondary N) is 2. The van der Waals surface area contributed by atoms with Gasteiger partial charge in [-0.05, 0) is 49.1 Å². The molecule has 0 saturated heterocycles. The minimum atomic E-state index is -0.225. The lowest BCUT2D eigenvalue weighted by Crippen LogP contribution is -2.18. The summed E-state index contributed by atoms with van der Waals surface area (Å²) in [5.74, 6) is -0.444. The van der Waals surface area contributed by atoms with Gasteiger partial charge >= 0.3 is 0 Å². The number of aromatic nitrogens is 1. The van der Waals surface area contributed by atoms with E-state index >= 15 is 0 Å². The predicted octanol–water partition coefficient (Wildman–Crippen LogP) is 2.95. The highest BCUT2D eigenvalue weighted by molar-refractivity contribution is 7.98. The fourth-order valence-electron chi connectivity index (χ4n) is 2.12. The van der Waals surface area contributed by atoms with Gasteiger partial charge in [-0.25, -0.2) is 4.98 Å². The van der Waals surface area contributed by atoms with Crippen molar-refractivity contribution in [1.29, 1.82) is 0 Å². The molecule has 2 aromatic rings. The molecule has 6 nitrogen and oxygen atoms in total. The molecule has 2 rings (SSSR count). The van der Waals surface area contributed by atoms with Crippen molar-refractivity contribution in [2.24, 2.45) is 0 Å². The lowest BCUT2D eigenvalue weighted by molar-refractivity contribution is -0.119. The van der Waals surface area contributed by atoms with E-state index in [1.165, 1.54) is 18.9 Å². The average Bonchev–Trinajstić information content (AvgIpc) is 2.57. The van der Waals surface area contributed by atoms with E-state index in [-0.39, 0.29) is 18.4 Å². The number of ether oxygens (including phenoxy) is 1. The summed E-state index contributed by atoms with van der Waals surface area (Å²) < 4.78 is 4.79. The van der Waals surface area contributed by atoms with Crippen molar-refractivity contribution >= 4 is 35.0 Å². The Morgan fingerprint density at radius 2 is 2.04 bits per heavy atom. The van der Waals surface area contributed by atoms with E-state index in [4.69, 9.17) is 4.74 Å². The molecule has 1 aromatic heterocycles. The van der Waals surface area contributed by atoms with Crippen LogP contribution in [0.1, 0.15) is 15.9 Å². The van der Waals surface area contributed by atoms with Gasteiger partial charge in [-0.3, -0.25) is 9.59 Å². The first kappa shape index (κ1) is 18.0. The van der Waals surface area contributed by atoms with Gasteiger partial charge in [-0.1, -0.05) is 0 Å². The van der Waals surface area contributed by atoms with Crippen molar-refractivity contribution in [3.63, 3.8) is 0 Å². The Bertz CT molecular complexity index is 750. The molecule has 0 aliphatic rings. The van der Waals surface area contributed by atoms with Gasteiger partial charge in [0.1, 0.15) is 11.6 Å². The first-order valence-electron chi connectivity index (χ1n) is 7.25. The summed E-state index contributed by atoms with van der Waals surface area (Å²) >= 11 is 1.42. The highest BCUT2D eigenvalue weighted by atomic mass is 32.2. The molecule has 0 saturated carbocycles. The summed E-state index contributed by atoms with van der Waals surface area (Å²) in [6.07, 6.45) is 3.53. The maximum atomic E-state index is 12.4. The summed E-state index contributed by atoms with van der Waals surface area (Å²) in [5, 5.41) is 6.28. The minimum absolute atomic E-state index is 0.00358. The van der Waals surface area contributed by atoms with E-state index in [1.807, 2.05) is 13.2 Å². The number of methoxy groups -OCH3 is 1. The Labute approximate surface area is 145 Å². The third kappa shape index (κ3) is 4.56. The van der Waals surface area contributed by atoms with Gasteiger partial charge in [-0.2, -0.15) is 0 Å². The topological polar surface area (TPSA) is 80.3 Å². The number of amides is 2. The Hall–Kier alpha value is -2.38. The standard InChI is InChI=1S/C17H19N3O3S/c1-11-9-12(6-7-14(11)20-15(21)10-23-2)19-16(22)13-5-4-8-18-17(13)24-3/h4-9H,10H2,1-3H3,(H,19,22)(H,20,21). The number of hydrogen-bond acceptors (Lipinski definition) is 5. The molecule has 126 valence electrons. The van der Waals surface area contributed by atoms with E-state index in [2.05, 4.69) is 15.6 Å². The van der Waals surface area contributed by atoms with Crippen LogP contribution in [0.25, 0.3) is 0 Å². The number of carbonyl (C=O) groups is 2. The molecule has 2 N–H and O–H groups in total. The Morgan fingerprint density at radius 1 is 1.25 bits per heavy atom. The lowest BCUT2D eigenvalue weighted by atomic mass is 10.1. The largest absolute Gasteiger partial charge is 0.375 e. The van der Waals surface area contributed by atoms with Crippen LogP contribution in [0.15, 0.2) is 41.6 Å². The van der Waals surface area contributed by atoms with Gasteiger partial charge in [0.2, 0.25) is 5.91 Å². The smallest absolute Gasteiger partial charge is 0.258 e. The average molecular weight is 345 g/mol. The van der Waals surface area contributed by atoms with Crippen molar-refractivity contribution in [3.8, 4) is 0 Å². The van der Waals surface area contributed by atoms with Crippen LogP contribution < -0.4 is 10.6 Å². The van der Waals surface area contributed by atoms with Crippen molar-refractivity contribution in [3.05, 3.63) is 47.7 Å². The molecule has 0 bridgehead atoms. The first-order chi connectivity index (χ1) is 11.5. The zero-order valence-electron chi connectivity index (χ0n) is 13.8. The fraction of sp³-hybridized carbons (Fsp3) is 0.235. The second-order valence-electron chi connectivity index (χ2n) is 5.03. The van der Waals surface area contributed by atoms with Crippen LogP contribution >= 0.6 is 11.8 Å². The number of rotatable bonds is 6. The number of anilines is 2. The maximum Gasteiger partial charge on any atom is 0.258 e. The summed E-state index contributed by atoms with van der Waals surface area (Å²) in [5.41, 5.74) is 2.70. The highest BCUT2D eigenvalue weighted by Gasteiger charge is 2.12. The first-order valence-corrected chi connectivity index (χ1v) is 8.47. The van der Waals surface area contributed by atoms with Crippen LogP contribution in [0, 0.1) is 6.92 Å². The van der Waals surface area contributed by atoms with Crippen LogP contribution in [0.3, 0.4) is 0 Å². The van der Waals surface area contributed by atoms with Gasteiger partial charge in [-0.15, -0.1) is 11.8 Å². The molecule has 0 unspecified atom stereocenters. The number of benzene rings is 1. The van der Waals surface area contributed by atoms with Crippen molar-refractivity contribution < 1.29 is 14.3 Å². The third-order valence-corrected chi connectivity index (χ3v) is 3.95. The SMILES string of the molecule is COCC(=O)Nc1ccc(NC(=O)c2cccnc2SC)cc1C. The maximum absolute atomic E-state index is 12.4. The Kier molecular flexibility index (Phi) is 6.34. The second-order valence-corrected chi connectivity index (χ2v) is 5.82. The van der Waals surface area contributed by atoms with E-state index < -0.39 is 0 Å². The summed E-state index contributed by atoms with van der Waals surface area (Å²) in [6.45, 7) is 1.85. The molecule has 1 aromatic carbocycles. The second kappa shape index (κ2) is 8.47. The van der Waals surface area contributed by atoms with Crippen LogP contribution in [0.5, 0.6) is 0 Å². The van der Waals surface area contributed by atoms with Gasteiger partial charge in [0.05, 0.1) is 5.56 Å². The number of pyridine rings is 1. The third-order valence-electron chi connectivity index (χ3n) is 3.24. The molecule has 0 spiro atoms. The van der Waals surface area contributed by atoms with Crippen LogP contribution in [-0.2, 0) is 9.53 Å². The summed E-state index contributed by atoms with van der Waals surface area (Å²) in [4.78, 5) is 28.2. The molecule has 0 aliphatic heterocycles. The van der Waals surface area contributed by atoms with E-state index in [0.29, 0.717) is 22.0 Å². The Balaban J connectivity index is 2.12. The Morgan fingerprint density at radius 3 is 2.71 bits per heavy atom. The molecular formula is C17H19N3O3S. The van der Waals surface area contributed by atoms with Crippen molar-refractivity contribution in [2.75, 3.05) is 30.6 Å². The van der Waals surface area contributed by atoms with Crippen LogP contribution in [0.2, 0.25) is 0 Å². The van der Waals surface area contributed by atoms with Gasteiger partial charge < -0.3 is 15.4 Å². The van der Waals surface area contributed by atoms with Crippen molar-refractivity contribution in [2.45, 2.75) is 11.9 Å². The zero-order valence-corrected chi connectivity index (χ0v) is 14.6. The highest BCUT2D eigenvalue weighted by Crippen LogP contribution is 2.22. The predicted molar refractivity (Wildman–Crippen MR) is 95.7 cm³/mol. The molecule has 2 amide bonds. The molecule has 1 heterocycles. The fourth-order valence-corrected chi connectivity index (χ4v) is 2.67. The molecule has 0 atom stereocenters. The molecular weight excluding hydrogens is 326 g/mol. The van der Waals surface area contributed by atoms with Crippen LogP contribution in [-0.4, -0.2) is 36.8 Å². The van der Waals surface area contributed by atoms with Crippen LogP contribution in [0.4, 0.5) is 11.4 Å². The quantitative estimate of drug-likeness (QED) is 0.787. The summed E-state index contributed by atoms with van der Waals surface area (Å²) in [6, 6.07) is 8.75. The van der Waals surface area contributed by atoms with E-state index in [0.717, 1.165) is 5.56 Å². The number of carbonyl (C=O) groups excluding carboxylic acids is 2. The molecule has 0 fully saturated rings. The minimum Gasteiger partial charge on any atom is -0.375 e. The molecule has 0 radical (unpaired) electrons. The van der Waals surface area contributed by atoms with Gasteiger partial charge in [0.15, 0.2) is 0 Å². The number of thioether (sulfide) groups is 1. The number of nitrogens with zero attached hydrogens (tertiary/aromatic N) is 1. The number of hydrogen-bond donors (Lipinski definition) is 2. The lowest BCUT2D eigenvalue weighted by Gasteiger charge is -2.12. The van der Waals surface area contributed by atoms with E-state index in [1.54, 1.807) is 36.5 Å². The molecule has 7 heteroatoms. The zero-order chi connectivity index (χ0) is 17.5. The van der Waals surface area contributed by atoms with E-state index in [9.17, 15) is 9.59 Å². The van der Waals surface area contributed by atoms with Crippen molar-refractivity contribution in [1.82, 2.24) is 4.98 Å². The molecule has 0 aliphatic carbocycles. The van der Waals surface area contributed by atoms with Gasteiger partial charge in [0.25, 0.3) is 5.91 Å². The van der Waals surface area contributed by atoms with Gasteiger partial charge in [0, 0.05) is 24.7 Å². The normalized spacial score (nSPS) is 10.3. The summed E-state index contributed by atoms with van der Waals surface area (Å²) in [7, 11) is 1.46.